The molecule has 0 heterocycles. The molecule has 0 aliphatic carbocycles. The second-order valence-electron chi connectivity index (χ2n) is 3.15. The van der Waals surface area contributed by atoms with Gasteiger partial charge in [-0.1, -0.05) is 0 Å². The summed E-state index contributed by atoms with van der Waals surface area (Å²) in [6, 6.07) is 0. The Morgan fingerprint density at radius 3 is 2.46 bits per heavy atom. The van der Waals surface area contributed by atoms with E-state index in [9.17, 15) is 5.11 Å². The Balaban J connectivity index is 3.12. The van der Waals surface area contributed by atoms with Gasteiger partial charge in [0.25, 0.3) is 0 Å². The molecule has 0 saturated carbocycles. The minimum atomic E-state index is -0.839. The third-order valence-electron chi connectivity index (χ3n) is 1.39. The van der Waals surface area contributed by atoms with E-state index in [4.69, 9.17) is 14.6 Å². The number of rotatable bonds is 8. The average Bonchev–Trinajstić information content (AvgIpc) is 2.02. The highest BCUT2D eigenvalue weighted by Gasteiger charge is 2.05. The highest BCUT2D eigenvalue weighted by atomic mass is 16.6. The Hall–Kier alpha value is -0.160. The lowest BCUT2D eigenvalue weighted by molar-refractivity contribution is -0.157. The molecule has 0 aromatic heterocycles. The molecule has 1 atom stereocenters. The molecule has 0 spiro atoms. The molecular weight excluding hydrogens is 172 g/mol. The predicted molar refractivity (Wildman–Crippen MR) is 49.4 cm³/mol. The highest BCUT2D eigenvalue weighted by Crippen LogP contribution is 1.96. The molecule has 4 nitrogen and oxygen atoms in total. The van der Waals surface area contributed by atoms with Crippen LogP contribution in [0.2, 0.25) is 0 Å². The van der Waals surface area contributed by atoms with Crippen LogP contribution < -0.4 is 0 Å². The van der Waals surface area contributed by atoms with Gasteiger partial charge in [0.15, 0.2) is 6.29 Å². The monoisotopic (exact) mass is 192 g/mol. The lowest BCUT2D eigenvalue weighted by Gasteiger charge is -2.14. The third-order valence-corrected chi connectivity index (χ3v) is 1.39. The van der Waals surface area contributed by atoms with Gasteiger partial charge in [0.2, 0.25) is 0 Å². The van der Waals surface area contributed by atoms with E-state index in [0.717, 1.165) is 12.8 Å². The molecule has 0 rings (SSSR count). The summed E-state index contributed by atoms with van der Waals surface area (Å²) in [5, 5.41) is 17.6. The van der Waals surface area contributed by atoms with Crippen LogP contribution in [0, 0.1) is 0 Å². The van der Waals surface area contributed by atoms with Crippen LogP contribution in [0.4, 0.5) is 0 Å². The second-order valence-corrected chi connectivity index (χ2v) is 3.15. The first kappa shape index (κ1) is 12.8. The van der Waals surface area contributed by atoms with Gasteiger partial charge in [-0.25, -0.2) is 0 Å². The second kappa shape index (κ2) is 8.44. The molecule has 1 unspecified atom stereocenters. The Bertz CT molecular complexity index is 106. The molecule has 0 saturated heterocycles. The summed E-state index contributed by atoms with van der Waals surface area (Å²) in [6.45, 7) is 4.65. The summed E-state index contributed by atoms with van der Waals surface area (Å²) >= 11 is 0. The number of aliphatic hydroxyl groups is 2. The number of hydrogen-bond donors (Lipinski definition) is 2. The fraction of sp³-hybridized carbons (Fsp3) is 1.00. The molecule has 4 heteroatoms. The maximum absolute atomic E-state index is 9.18. The average molecular weight is 192 g/mol. The van der Waals surface area contributed by atoms with Gasteiger partial charge in [0.1, 0.15) is 0 Å². The Kier molecular flexibility index (Phi) is 8.33. The van der Waals surface area contributed by atoms with E-state index in [1.807, 2.05) is 13.8 Å². The highest BCUT2D eigenvalue weighted by molar-refractivity contribution is 4.43. The molecule has 80 valence electrons. The van der Waals surface area contributed by atoms with E-state index in [1.165, 1.54) is 0 Å². The van der Waals surface area contributed by atoms with Crippen LogP contribution in [0.3, 0.4) is 0 Å². The lowest BCUT2D eigenvalue weighted by atomic mass is 10.3. The first-order valence-electron chi connectivity index (χ1n) is 4.69. The van der Waals surface area contributed by atoms with Crippen molar-refractivity contribution in [2.45, 2.75) is 39.1 Å². The number of unbranched alkanes of at least 4 members (excludes halogenated alkanes) is 1. The molecule has 0 bridgehead atoms. The first-order chi connectivity index (χ1) is 6.16. The topological polar surface area (TPSA) is 58.9 Å². The van der Waals surface area contributed by atoms with Crippen LogP contribution in [0.15, 0.2) is 0 Å². The predicted octanol–water partition coefficient (Wildman–Crippen LogP) is 0.519. The molecule has 0 amide bonds. The fourth-order valence-corrected chi connectivity index (χ4v) is 0.854. The van der Waals surface area contributed by atoms with E-state index in [0.29, 0.717) is 6.61 Å². The minimum absolute atomic E-state index is 0.0102. The summed E-state index contributed by atoms with van der Waals surface area (Å²) in [5.74, 6) is 0. The van der Waals surface area contributed by atoms with Gasteiger partial charge >= 0.3 is 0 Å². The zero-order valence-corrected chi connectivity index (χ0v) is 8.40. The number of hydrogen-bond acceptors (Lipinski definition) is 4. The Morgan fingerprint density at radius 2 is 1.92 bits per heavy atom. The zero-order chi connectivity index (χ0) is 10.1. The van der Waals surface area contributed by atoms with Crippen molar-refractivity contribution >= 4 is 0 Å². The van der Waals surface area contributed by atoms with Crippen molar-refractivity contribution in [1.82, 2.24) is 0 Å². The molecule has 0 aromatic carbocycles. The maximum atomic E-state index is 9.18. The number of aliphatic hydroxyl groups excluding tert-OH is 2. The minimum Gasteiger partial charge on any atom is -0.396 e. The Morgan fingerprint density at radius 1 is 1.23 bits per heavy atom. The largest absolute Gasteiger partial charge is 0.396 e. The van der Waals surface area contributed by atoms with Gasteiger partial charge in [-0.2, -0.15) is 0 Å². The molecule has 13 heavy (non-hydrogen) atoms. The van der Waals surface area contributed by atoms with Crippen molar-refractivity contribution in [2.75, 3.05) is 19.8 Å². The normalized spacial score (nSPS) is 13.6. The first-order valence-corrected chi connectivity index (χ1v) is 4.69. The molecule has 2 N–H and O–H groups in total. The molecule has 0 aliphatic rings. The third kappa shape index (κ3) is 9.76. The van der Waals surface area contributed by atoms with E-state index in [2.05, 4.69) is 0 Å². The van der Waals surface area contributed by atoms with Crippen LogP contribution in [0.25, 0.3) is 0 Å². The van der Waals surface area contributed by atoms with Crippen molar-refractivity contribution in [3.8, 4) is 0 Å². The van der Waals surface area contributed by atoms with Gasteiger partial charge in [-0.15, -0.1) is 0 Å². The maximum Gasteiger partial charge on any atom is 0.178 e. The summed E-state index contributed by atoms with van der Waals surface area (Å²) in [5.41, 5.74) is 0. The van der Waals surface area contributed by atoms with Crippen molar-refractivity contribution in [1.29, 1.82) is 0 Å². The van der Waals surface area contributed by atoms with Crippen molar-refractivity contribution < 1.29 is 19.7 Å². The summed E-state index contributed by atoms with van der Waals surface area (Å²) in [6.07, 6.45) is 0.719. The lowest BCUT2D eigenvalue weighted by Crippen LogP contribution is -2.23. The molecule has 0 radical (unpaired) electrons. The zero-order valence-electron chi connectivity index (χ0n) is 8.40. The van der Waals surface area contributed by atoms with Crippen LogP contribution in [0.1, 0.15) is 26.7 Å². The van der Waals surface area contributed by atoms with E-state index in [-0.39, 0.29) is 19.3 Å². The smallest absolute Gasteiger partial charge is 0.178 e. The summed E-state index contributed by atoms with van der Waals surface area (Å²) in [4.78, 5) is 0. The van der Waals surface area contributed by atoms with E-state index in [1.54, 1.807) is 0 Å². The van der Waals surface area contributed by atoms with E-state index >= 15 is 0 Å². The Labute approximate surface area is 79.5 Å². The van der Waals surface area contributed by atoms with Crippen molar-refractivity contribution in [2.24, 2.45) is 0 Å². The molecule has 0 aliphatic heterocycles. The summed E-state index contributed by atoms with van der Waals surface area (Å²) < 4.78 is 10.2. The fourth-order valence-electron chi connectivity index (χ4n) is 0.854. The molecule has 0 aromatic rings. The van der Waals surface area contributed by atoms with Gasteiger partial charge in [-0.05, 0) is 26.7 Å². The SMILES string of the molecule is CC(C)OC(O)COCCCCO. The van der Waals surface area contributed by atoms with Gasteiger partial charge in [-0.3, -0.25) is 0 Å². The summed E-state index contributed by atoms with van der Waals surface area (Å²) in [7, 11) is 0. The van der Waals surface area contributed by atoms with Crippen molar-refractivity contribution in [3.63, 3.8) is 0 Å². The van der Waals surface area contributed by atoms with Gasteiger partial charge in [0.05, 0.1) is 12.7 Å². The van der Waals surface area contributed by atoms with E-state index < -0.39 is 6.29 Å². The van der Waals surface area contributed by atoms with Crippen molar-refractivity contribution in [3.05, 3.63) is 0 Å². The van der Waals surface area contributed by atoms with Crippen LogP contribution in [0.5, 0.6) is 0 Å². The standard InChI is InChI=1S/C9H20O4/c1-8(2)13-9(11)7-12-6-4-3-5-10/h8-11H,3-7H2,1-2H3. The van der Waals surface area contributed by atoms with Crippen LogP contribution in [-0.4, -0.2) is 42.4 Å². The molecular formula is C9H20O4. The van der Waals surface area contributed by atoms with Gasteiger partial charge < -0.3 is 19.7 Å². The molecule has 0 fully saturated rings. The van der Waals surface area contributed by atoms with Crippen LogP contribution >= 0.6 is 0 Å². The van der Waals surface area contributed by atoms with Gasteiger partial charge in [0, 0.05) is 13.2 Å². The number of ether oxygens (including phenoxy) is 2. The van der Waals surface area contributed by atoms with Crippen LogP contribution in [-0.2, 0) is 9.47 Å². The quantitative estimate of drug-likeness (QED) is 0.435.